The van der Waals surface area contributed by atoms with E-state index in [1.165, 1.54) is 45.3 Å². The average molecular weight is 477 g/mol. The van der Waals surface area contributed by atoms with E-state index in [4.69, 9.17) is 0 Å². The first-order valence-electron chi connectivity index (χ1n) is 9.81. The number of Topliss-reactive ketones (excluding diaryl/α,β-unsaturated/α-hetero) is 1. The van der Waals surface area contributed by atoms with E-state index in [1.54, 1.807) is 26.0 Å². The monoisotopic (exact) mass is 476 g/mol. The number of rotatable bonds is 11. The molecule has 0 aliphatic carbocycles. The Hall–Kier alpha value is -2.27. The molecule has 7 nitrogen and oxygen atoms in total. The summed E-state index contributed by atoms with van der Waals surface area (Å²) >= 11 is 2.74. The van der Waals surface area contributed by atoms with Crippen LogP contribution in [0.4, 0.5) is 5.13 Å². The summed E-state index contributed by atoms with van der Waals surface area (Å²) in [6.07, 6.45) is 0. The SMILES string of the molecule is CCN(CC)S(=O)(=O)c1ccc(C(=O)CNc2nc(SCc3ccccc3)ns2)cc1. The molecule has 3 aromatic rings. The van der Waals surface area contributed by atoms with E-state index in [0.29, 0.717) is 28.9 Å². The highest BCUT2D eigenvalue weighted by atomic mass is 32.2. The lowest BCUT2D eigenvalue weighted by atomic mass is 10.1. The number of carbonyl (C=O) groups excluding carboxylic acids is 1. The standard InChI is InChI=1S/C21H24N4O3S3/c1-3-25(4-2)31(27,28)18-12-10-17(11-13-18)19(26)14-22-20-23-21(24-30-20)29-15-16-8-6-5-7-9-16/h5-13H,3-4,14-15H2,1-2H3,(H,22,23,24). The zero-order chi connectivity index (χ0) is 22.3. The van der Waals surface area contributed by atoms with Gasteiger partial charge in [-0.3, -0.25) is 4.79 Å². The van der Waals surface area contributed by atoms with Crippen LogP contribution in [0, 0.1) is 0 Å². The number of nitrogens with zero attached hydrogens (tertiary/aromatic N) is 3. The zero-order valence-corrected chi connectivity index (χ0v) is 19.8. The fraction of sp³-hybridized carbons (Fsp3) is 0.286. The van der Waals surface area contributed by atoms with Crippen LogP contribution in [0.25, 0.3) is 0 Å². The lowest BCUT2D eigenvalue weighted by Crippen LogP contribution is -2.30. The number of hydrogen-bond donors (Lipinski definition) is 1. The highest BCUT2D eigenvalue weighted by molar-refractivity contribution is 7.98. The molecule has 164 valence electrons. The zero-order valence-electron chi connectivity index (χ0n) is 17.3. The van der Waals surface area contributed by atoms with Crippen molar-refractivity contribution < 1.29 is 13.2 Å². The smallest absolute Gasteiger partial charge is 0.243 e. The molecule has 2 aromatic carbocycles. The molecular weight excluding hydrogens is 452 g/mol. The average Bonchev–Trinajstić information content (AvgIpc) is 3.25. The molecule has 0 aliphatic heterocycles. The van der Waals surface area contributed by atoms with Crippen molar-refractivity contribution in [2.45, 2.75) is 29.7 Å². The van der Waals surface area contributed by atoms with Crippen LogP contribution in [0.5, 0.6) is 0 Å². The number of hydrogen-bond acceptors (Lipinski definition) is 8. The van der Waals surface area contributed by atoms with Gasteiger partial charge >= 0.3 is 0 Å². The first-order chi connectivity index (χ1) is 14.9. The Morgan fingerprint density at radius 2 is 1.74 bits per heavy atom. The minimum Gasteiger partial charge on any atom is -0.353 e. The van der Waals surface area contributed by atoms with Gasteiger partial charge < -0.3 is 5.32 Å². The van der Waals surface area contributed by atoms with Crippen molar-refractivity contribution in [1.82, 2.24) is 13.7 Å². The van der Waals surface area contributed by atoms with Crippen molar-refractivity contribution in [2.75, 3.05) is 25.0 Å². The predicted octanol–water partition coefficient (Wildman–Crippen LogP) is 4.16. The van der Waals surface area contributed by atoms with Crippen LogP contribution < -0.4 is 5.32 Å². The van der Waals surface area contributed by atoms with E-state index in [0.717, 1.165) is 5.75 Å². The maximum absolute atomic E-state index is 12.5. The van der Waals surface area contributed by atoms with Crippen LogP contribution >= 0.6 is 23.3 Å². The molecule has 1 heterocycles. The molecule has 0 spiro atoms. The topological polar surface area (TPSA) is 92.3 Å². The third-order valence-electron chi connectivity index (χ3n) is 4.54. The summed E-state index contributed by atoms with van der Waals surface area (Å²) in [6, 6.07) is 16.1. The number of thioether (sulfide) groups is 1. The van der Waals surface area contributed by atoms with Gasteiger partial charge in [-0.1, -0.05) is 55.9 Å². The van der Waals surface area contributed by atoms with E-state index < -0.39 is 10.0 Å². The van der Waals surface area contributed by atoms with E-state index in [2.05, 4.69) is 26.8 Å². The van der Waals surface area contributed by atoms with Crippen LogP contribution in [-0.2, 0) is 15.8 Å². The summed E-state index contributed by atoms with van der Waals surface area (Å²) in [7, 11) is -3.53. The van der Waals surface area contributed by atoms with Crippen molar-refractivity contribution in [3.8, 4) is 0 Å². The van der Waals surface area contributed by atoms with E-state index >= 15 is 0 Å². The normalized spacial score (nSPS) is 11.6. The van der Waals surface area contributed by atoms with E-state index in [-0.39, 0.29) is 17.2 Å². The Morgan fingerprint density at radius 1 is 1.06 bits per heavy atom. The number of carbonyl (C=O) groups is 1. The van der Waals surface area contributed by atoms with Crippen molar-refractivity contribution in [2.24, 2.45) is 0 Å². The molecule has 31 heavy (non-hydrogen) atoms. The largest absolute Gasteiger partial charge is 0.353 e. The van der Waals surface area contributed by atoms with Gasteiger partial charge in [0.2, 0.25) is 20.3 Å². The van der Waals surface area contributed by atoms with Gasteiger partial charge in [0.15, 0.2) is 5.78 Å². The molecule has 1 N–H and O–H groups in total. The molecule has 0 amide bonds. The van der Waals surface area contributed by atoms with Crippen LogP contribution in [0.15, 0.2) is 64.6 Å². The first-order valence-corrected chi connectivity index (χ1v) is 13.0. The molecule has 0 unspecified atom stereocenters. The van der Waals surface area contributed by atoms with Gasteiger partial charge in [0.1, 0.15) is 0 Å². The molecule has 3 rings (SSSR count). The molecule has 1 aromatic heterocycles. The minimum absolute atomic E-state index is 0.0557. The summed E-state index contributed by atoms with van der Waals surface area (Å²) in [5.74, 6) is 0.624. The van der Waals surface area contributed by atoms with Crippen LogP contribution in [0.2, 0.25) is 0 Å². The number of aromatic nitrogens is 2. The highest BCUT2D eigenvalue weighted by Crippen LogP contribution is 2.23. The van der Waals surface area contributed by atoms with Gasteiger partial charge in [-0.05, 0) is 29.8 Å². The maximum Gasteiger partial charge on any atom is 0.243 e. The van der Waals surface area contributed by atoms with Crippen molar-refractivity contribution in [3.63, 3.8) is 0 Å². The summed E-state index contributed by atoms with van der Waals surface area (Å²) in [4.78, 5) is 17.1. The molecule has 0 radical (unpaired) electrons. The third kappa shape index (κ3) is 6.13. The van der Waals surface area contributed by atoms with Gasteiger partial charge in [-0.2, -0.15) is 13.7 Å². The lowest BCUT2D eigenvalue weighted by Gasteiger charge is -2.18. The molecule has 0 atom stereocenters. The van der Waals surface area contributed by atoms with Crippen molar-refractivity contribution >= 4 is 44.2 Å². The van der Waals surface area contributed by atoms with Crippen LogP contribution in [-0.4, -0.2) is 47.5 Å². The number of anilines is 1. The first kappa shape index (κ1) is 23.4. The molecule has 0 bridgehead atoms. The Kier molecular flexibility index (Phi) is 8.19. The van der Waals surface area contributed by atoms with Crippen LogP contribution in [0.3, 0.4) is 0 Å². The Bertz CT molecular complexity index is 1100. The molecular formula is C21H24N4O3S3. The highest BCUT2D eigenvalue weighted by Gasteiger charge is 2.21. The number of sulfonamides is 1. The fourth-order valence-corrected chi connectivity index (χ4v) is 5.80. The summed E-state index contributed by atoms with van der Waals surface area (Å²) in [6.45, 7) is 4.45. The molecule has 0 aliphatic rings. The second-order valence-corrected chi connectivity index (χ2v) is 10.2. The van der Waals surface area contributed by atoms with Gasteiger partial charge in [-0.25, -0.2) is 8.42 Å². The Balaban J connectivity index is 1.54. The number of ketones is 1. The lowest BCUT2D eigenvalue weighted by molar-refractivity contribution is 0.101. The second-order valence-electron chi connectivity index (χ2n) is 6.55. The van der Waals surface area contributed by atoms with Gasteiger partial charge in [0.05, 0.1) is 11.4 Å². The second kappa shape index (κ2) is 10.9. The van der Waals surface area contributed by atoms with Crippen molar-refractivity contribution in [3.05, 3.63) is 65.7 Å². The third-order valence-corrected chi connectivity index (χ3v) is 8.31. The van der Waals surface area contributed by atoms with Gasteiger partial charge in [0.25, 0.3) is 0 Å². The molecule has 0 saturated heterocycles. The molecule has 0 fully saturated rings. The summed E-state index contributed by atoms with van der Waals surface area (Å²) < 4.78 is 30.8. The predicted molar refractivity (Wildman–Crippen MR) is 125 cm³/mol. The van der Waals surface area contributed by atoms with Crippen LogP contribution in [0.1, 0.15) is 29.8 Å². The summed E-state index contributed by atoms with van der Waals surface area (Å²) in [5, 5.41) is 4.23. The summed E-state index contributed by atoms with van der Waals surface area (Å²) in [5.41, 5.74) is 1.63. The Morgan fingerprint density at radius 3 is 2.39 bits per heavy atom. The quantitative estimate of drug-likeness (QED) is 0.328. The van der Waals surface area contributed by atoms with E-state index in [1.807, 2.05) is 18.2 Å². The van der Waals surface area contributed by atoms with E-state index in [9.17, 15) is 13.2 Å². The Labute approximate surface area is 191 Å². The fourth-order valence-electron chi connectivity index (χ4n) is 2.85. The van der Waals surface area contributed by atoms with Crippen molar-refractivity contribution in [1.29, 1.82) is 0 Å². The van der Waals surface area contributed by atoms with Gasteiger partial charge in [-0.15, -0.1) is 0 Å². The molecule has 0 saturated carbocycles. The molecule has 10 heteroatoms. The van der Waals surface area contributed by atoms with Gasteiger partial charge in [0, 0.05) is 35.9 Å². The minimum atomic E-state index is -3.53. The number of benzene rings is 2. The number of nitrogens with one attached hydrogen (secondary N) is 1. The maximum atomic E-state index is 12.5.